The zero-order valence-corrected chi connectivity index (χ0v) is 19.6. The molecule has 7 nitrogen and oxygen atoms in total. The number of rotatable bonds is 8. The Hall–Kier alpha value is -3.76. The van der Waals surface area contributed by atoms with Crippen molar-refractivity contribution < 1.29 is 22.3 Å². The fraction of sp³-hybridized carbons (Fsp3) is 0.0833. The third kappa shape index (κ3) is 5.59. The molecule has 0 saturated carbocycles. The zero-order valence-electron chi connectivity index (χ0n) is 18.0. The summed E-state index contributed by atoms with van der Waals surface area (Å²) in [7, 11) is -4.08. The fourth-order valence-corrected chi connectivity index (χ4v) is 4.80. The molecular formula is C24H20FN3O4S2. The zero-order chi connectivity index (χ0) is 24.1. The molecule has 2 N–H and O–H groups in total. The molecule has 10 heteroatoms. The van der Waals surface area contributed by atoms with E-state index in [1.165, 1.54) is 47.7 Å². The van der Waals surface area contributed by atoms with E-state index in [1.807, 2.05) is 12.3 Å². The average Bonchev–Trinajstić information content (AvgIpc) is 3.24. The van der Waals surface area contributed by atoms with E-state index in [4.69, 9.17) is 4.74 Å². The molecule has 34 heavy (non-hydrogen) atoms. The molecule has 1 amide bonds. The summed E-state index contributed by atoms with van der Waals surface area (Å²) >= 11 is 1.51. The number of amides is 1. The number of ether oxygens (including phenoxy) is 1. The number of halogens is 1. The van der Waals surface area contributed by atoms with Gasteiger partial charge < -0.3 is 10.1 Å². The number of hydrogen-bond donors (Lipinski definition) is 2. The van der Waals surface area contributed by atoms with E-state index >= 15 is 0 Å². The second-order valence-corrected chi connectivity index (χ2v) is 9.95. The SMILES string of the molecule is Cc1nc(COc2ccccc2C(=O)Nc2cccc(S(=O)(=O)Nc3ccccc3F)c2)cs1. The van der Waals surface area contributed by atoms with Crippen LogP contribution in [-0.2, 0) is 16.6 Å². The summed E-state index contributed by atoms with van der Waals surface area (Å²) in [5.41, 5.74) is 1.13. The Kier molecular flexibility index (Phi) is 6.90. The van der Waals surface area contributed by atoms with Crippen LogP contribution in [0.3, 0.4) is 0 Å². The fourth-order valence-electron chi connectivity index (χ4n) is 3.09. The molecule has 0 bridgehead atoms. The van der Waals surface area contributed by atoms with Crippen molar-refractivity contribution in [1.82, 2.24) is 4.98 Å². The monoisotopic (exact) mass is 497 g/mol. The smallest absolute Gasteiger partial charge is 0.262 e. The second-order valence-electron chi connectivity index (χ2n) is 7.21. The molecule has 0 aliphatic heterocycles. The van der Waals surface area contributed by atoms with E-state index in [9.17, 15) is 17.6 Å². The first-order valence-corrected chi connectivity index (χ1v) is 12.5. The molecule has 4 aromatic rings. The van der Waals surface area contributed by atoms with Crippen molar-refractivity contribution in [3.63, 3.8) is 0 Å². The van der Waals surface area contributed by atoms with Crippen LogP contribution in [0.2, 0.25) is 0 Å². The molecule has 0 spiro atoms. The van der Waals surface area contributed by atoms with Crippen molar-refractivity contribution in [2.45, 2.75) is 18.4 Å². The Balaban J connectivity index is 1.50. The molecule has 1 aromatic heterocycles. The molecule has 4 rings (SSSR count). The number of carbonyl (C=O) groups is 1. The maximum absolute atomic E-state index is 13.9. The van der Waals surface area contributed by atoms with Crippen molar-refractivity contribution in [3.8, 4) is 5.75 Å². The molecule has 3 aromatic carbocycles. The van der Waals surface area contributed by atoms with Gasteiger partial charge in [0.15, 0.2) is 0 Å². The van der Waals surface area contributed by atoms with Crippen molar-refractivity contribution in [3.05, 3.63) is 100 Å². The Morgan fingerprint density at radius 2 is 1.82 bits per heavy atom. The molecule has 0 unspecified atom stereocenters. The highest BCUT2D eigenvalue weighted by Gasteiger charge is 2.18. The molecule has 0 fully saturated rings. The van der Waals surface area contributed by atoms with Gasteiger partial charge in [-0.25, -0.2) is 17.8 Å². The normalized spacial score (nSPS) is 11.1. The van der Waals surface area contributed by atoms with E-state index in [1.54, 1.807) is 30.3 Å². The first kappa shape index (κ1) is 23.4. The van der Waals surface area contributed by atoms with Gasteiger partial charge in [-0.05, 0) is 49.4 Å². The van der Waals surface area contributed by atoms with Crippen LogP contribution in [0.1, 0.15) is 21.1 Å². The first-order chi connectivity index (χ1) is 16.3. The predicted molar refractivity (Wildman–Crippen MR) is 129 cm³/mol. The molecule has 0 aliphatic carbocycles. The molecule has 1 heterocycles. The Morgan fingerprint density at radius 1 is 1.06 bits per heavy atom. The first-order valence-electron chi connectivity index (χ1n) is 10.1. The summed E-state index contributed by atoms with van der Waals surface area (Å²) in [5.74, 6) is -0.794. The van der Waals surface area contributed by atoms with Crippen molar-refractivity contribution >= 4 is 38.6 Å². The van der Waals surface area contributed by atoms with Gasteiger partial charge in [0.25, 0.3) is 15.9 Å². The molecule has 0 radical (unpaired) electrons. The van der Waals surface area contributed by atoms with Crippen LogP contribution in [0, 0.1) is 12.7 Å². The quantitative estimate of drug-likeness (QED) is 0.348. The van der Waals surface area contributed by atoms with Crippen molar-refractivity contribution in [1.29, 1.82) is 0 Å². The molecule has 174 valence electrons. The topological polar surface area (TPSA) is 97.4 Å². The highest BCUT2D eigenvalue weighted by Crippen LogP contribution is 2.24. The maximum Gasteiger partial charge on any atom is 0.262 e. The molecule has 0 aliphatic rings. The summed E-state index contributed by atoms with van der Waals surface area (Å²) in [6, 6.07) is 17.9. The standard InChI is InChI=1S/C24H20FN3O4S2/c1-16-26-18(15-33-16)14-32-23-12-5-2-9-20(23)24(29)27-17-7-6-8-19(13-17)34(30,31)28-22-11-4-3-10-21(22)25/h2-13,15,28H,14H2,1H3,(H,27,29). The van der Waals surface area contributed by atoms with Crippen LogP contribution in [0.15, 0.2) is 83.1 Å². The van der Waals surface area contributed by atoms with Gasteiger partial charge in [0, 0.05) is 11.1 Å². The number of anilines is 2. The number of thiazole rings is 1. The largest absolute Gasteiger partial charge is 0.486 e. The summed E-state index contributed by atoms with van der Waals surface area (Å²) in [4.78, 5) is 17.1. The molecule has 0 atom stereocenters. The highest BCUT2D eigenvalue weighted by molar-refractivity contribution is 7.92. The maximum atomic E-state index is 13.9. The van der Waals surface area contributed by atoms with E-state index in [0.29, 0.717) is 5.75 Å². The van der Waals surface area contributed by atoms with Crippen molar-refractivity contribution in [2.24, 2.45) is 0 Å². The lowest BCUT2D eigenvalue weighted by Crippen LogP contribution is -2.16. The van der Waals surface area contributed by atoms with Gasteiger partial charge in [-0.2, -0.15) is 0 Å². The second kappa shape index (κ2) is 10.0. The number of benzene rings is 3. The lowest BCUT2D eigenvalue weighted by atomic mass is 10.2. The summed E-state index contributed by atoms with van der Waals surface area (Å²) in [6.07, 6.45) is 0. The van der Waals surface area contributed by atoms with Gasteiger partial charge in [-0.15, -0.1) is 11.3 Å². The molecular weight excluding hydrogens is 477 g/mol. The number of sulfonamides is 1. The van der Waals surface area contributed by atoms with Crippen molar-refractivity contribution in [2.75, 3.05) is 10.0 Å². The summed E-state index contributed by atoms with van der Waals surface area (Å²) in [6.45, 7) is 2.11. The van der Waals surface area contributed by atoms with Gasteiger partial charge in [0.2, 0.25) is 0 Å². The highest BCUT2D eigenvalue weighted by atomic mass is 32.2. The lowest BCUT2D eigenvalue weighted by Gasteiger charge is -2.13. The number of carbonyl (C=O) groups excluding carboxylic acids is 1. The van der Waals surface area contributed by atoms with E-state index in [2.05, 4.69) is 15.0 Å². The number of hydrogen-bond acceptors (Lipinski definition) is 6. The van der Waals surface area contributed by atoms with Crippen LogP contribution in [-0.4, -0.2) is 19.3 Å². The van der Waals surface area contributed by atoms with Gasteiger partial charge in [-0.3, -0.25) is 9.52 Å². The molecule has 0 saturated heterocycles. The van der Waals surface area contributed by atoms with Crippen LogP contribution in [0.25, 0.3) is 0 Å². The minimum atomic E-state index is -4.08. The Bertz CT molecular complexity index is 1440. The van der Waals surface area contributed by atoms with Crippen LogP contribution in [0.4, 0.5) is 15.8 Å². The summed E-state index contributed by atoms with van der Waals surface area (Å²) < 4.78 is 47.3. The number of aromatic nitrogens is 1. The van der Waals surface area contributed by atoms with Gasteiger partial charge in [0.05, 0.1) is 26.8 Å². The minimum Gasteiger partial charge on any atom is -0.486 e. The van der Waals surface area contributed by atoms with Crippen LogP contribution >= 0.6 is 11.3 Å². The van der Waals surface area contributed by atoms with E-state index in [-0.39, 0.29) is 28.4 Å². The summed E-state index contributed by atoms with van der Waals surface area (Å²) in [5, 5.41) is 5.50. The third-order valence-electron chi connectivity index (χ3n) is 4.69. The Morgan fingerprint density at radius 3 is 2.59 bits per heavy atom. The van der Waals surface area contributed by atoms with Crippen LogP contribution < -0.4 is 14.8 Å². The van der Waals surface area contributed by atoms with Gasteiger partial charge in [-0.1, -0.05) is 30.3 Å². The number of para-hydroxylation sites is 2. The van der Waals surface area contributed by atoms with Gasteiger partial charge in [0.1, 0.15) is 18.2 Å². The van der Waals surface area contributed by atoms with Crippen LogP contribution in [0.5, 0.6) is 5.75 Å². The minimum absolute atomic E-state index is 0.128. The van der Waals surface area contributed by atoms with E-state index < -0.39 is 21.7 Å². The number of nitrogens with zero attached hydrogens (tertiary/aromatic N) is 1. The third-order valence-corrected chi connectivity index (χ3v) is 6.88. The average molecular weight is 498 g/mol. The predicted octanol–water partition coefficient (Wildman–Crippen LogP) is 5.22. The lowest BCUT2D eigenvalue weighted by molar-refractivity contribution is 0.102. The number of nitrogens with one attached hydrogen (secondary N) is 2. The Labute approximate surface area is 200 Å². The van der Waals surface area contributed by atoms with Gasteiger partial charge >= 0.3 is 0 Å². The van der Waals surface area contributed by atoms with E-state index in [0.717, 1.165) is 16.8 Å². The number of aryl methyl sites for hydroxylation is 1.